The number of ether oxygens (including phenoxy) is 1. The molecule has 0 spiro atoms. The Balaban J connectivity index is 0.00000512. The molecule has 2 aliphatic heterocycles. The number of nitrogens with zero attached hydrogens (tertiary/aromatic N) is 5. The Morgan fingerprint density at radius 2 is 1.65 bits per heavy atom. The molecule has 4 heterocycles. The van der Waals surface area contributed by atoms with Gasteiger partial charge in [-0.3, -0.25) is 23.7 Å². The van der Waals surface area contributed by atoms with Crippen molar-refractivity contribution in [1.82, 2.24) is 25.3 Å². The molecule has 0 unspecified atom stereocenters. The zero-order chi connectivity index (χ0) is 64.6. The number of aromatic nitrogens is 4. The number of allylic oxidation sites excluding steroid dienone is 10. The molecule has 0 bridgehead atoms. The maximum absolute atomic E-state index is 13.5. The quantitative estimate of drug-likeness (QED) is 0.00642. The van der Waals surface area contributed by atoms with Gasteiger partial charge in [-0.15, -0.1) is 0 Å². The number of benzene rings is 3. The minimum absolute atomic E-state index is 0. The van der Waals surface area contributed by atoms with Crippen LogP contribution in [0.2, 0.25) is 0 Å². The summed E-state index contributed by atoms with van der Waals surface area (Å²) in [5, 5.41) is 16.1. The summed E-state index contributed by atoms with van der Waals surface area (Å²) in [6.07, 6.45) is 18.5. The van der Waals surface area contributed by atoms with Crippen molar-refractivity contribution in [3.05, 3.63) is 194 Å². The maximum atomic E-state index is 13.5. The first kappa shape index (κ1) is 73.4. The van der Waals surface area contributed by atoms with Crippen molar-refractivity contribution in [2.24, 2.45) is 0 Å². The molecule has 8 rings (SSSR count). The van der Waals surface area contributed by atoms with Crippen LogP contribution in [-0.4, -0.2) is 117 Å². The Morgan fingerprint density at radius 1 is 0.923 bits per heavy atom. The van der Waals surface area contributed by atoms with Crippen molar-refractivity contribution in [3.8, 4) is 0 Å². The molecule has 1 atom stereocenters. The molecule has 489 valence electrons. The van der Waals surface area contributed by atoms with Gasteiger partial charge >= 0.3 is 5.97 Å². The van der Waals surface area contributed by atoms with Gasteiger partial charge < -0.3 is 35.7 Å². The summed E-state index contributed by atoms with van der Waals surface area (Å²) in [5.74, 6) is -3.00. The first-order chi connectivity index (χ1) is 41.9. The number of nitrogens with two attached hydrogens (primary N) is 1. The molecule has 1 radical (unpaired) electrons. The van der Waals surface area contributed by atoms with Crippen molar-refractivity contribution in [2.75, 3.05) is 40.5 Å². The number of nitrogen functional groups attached to an aromatic ring is 1. The van der Waals surface area contributed by atoms with Crippen LogP contribution in [-0.2, 0) is 117 Å². The number of carbonyl (C=O) groups excluding carboxylic acids is 1. The van der Waals surface area contributed by atoms with E-state index in [4.69, 9.17) is 10.5 Å². The number of carbonyl (C=O) groups is 2. The van der Waals surface area contributed by atoms with E-state index in [0.29, 0.717) is 73.5 Å². The van der Waals surface area contributed by atoms with Crippen molar-refractivity contribution in [3.63, 3.8) is 0 Å². The fraction of sp³-hybridized carbons (Fsp3) is 0.349. The molecule has 91 heavy (non-hydrogen) atoms. The fourth-order valence-corrected chi connectivity index (χ4v) is 13.0. The number of unbranched alkanes of at least 4 members (excludes halogenated alkanes) is 2. The molecule has 1 aliphatic carbocycles. The fourth-order valence-electron chi connectivity index (χ4n) is 11.3. The Hall–Kier alpha value is -6.61. The summed E-state index contributed by atoms with van der Waals surface area (Å²) in [6.45, 7) is 15.1. The summed E-state index contributed by atoms with van der Waals surface area (Å²) < 4.78 is 110. The van der Waals surface area contributed by atoms with Gasteiger partial charge in [0.15, 0.2) is 16.9 Å². The number of aliphatic carboxylic acids is 1. The first-order valence-electron chi connectivity index (χ1n) is 28.8. The number of hydrogen-bond donors (Lipinski definition) is 7. The second kappa shape index (κ2) is 30.9. The average molecular weight is 1570 g/mol. The van der Waals surface area contributed by atoms with Crippen molar-refractivity contribution in [2.45, 2.75) is 115 Å². The Kier molecular flexibility index (Phi) is 24.9. The van der Waals surface area contributed by atoms with Crippen LogP contribution in [0.25, 0.3) is 11.2 Å². The third-order valence-corrected chi connectivity index (χ3v) is 18.1. The van der Waals surface area contributed by atoms with E-state index >= 15 is 0 Å². The van der Waals surface area contributed by atoms with Gasteiger partial charge in [-0.1, -0.05) is 62.4 Å². The van der Waals surface area contributed by atoms with Crippen molar-refractivity contribution < 1.29 is 122 Å². The second-order valence-corrected chi connectivity index (χ2v) is 27.7. The molecular weight excluding hydrogens is 1480 g/mol. The van der Waals surface area contributed by atoms with Crippen molar-refractivity contribution >= 4 is 82.1 Å². The molecule has 0 saturated heterocycles. The Labute approximate surface area is 575 Å². The van der Waals surface area contributed by atoms with E-state index < -0.39 is 76.2 Å². The van der Waals surface area contributed by atoms with E-state index in [9.17, 15) is 58.4 Å². The number of nitrogens with one attached hydrogen (secondary N) is 3. The Morgan fingerprint density at radius 3 is 2.33 bits per heavy atom. The van der Waals surface area contributed by atoms with E-state index in [1.807, 2.05) is 49.6 Å². The number of amides is 1. The van der Waals surface area contributed by atoms with Crippen LogP contribution in [0.15, 0.2) is 155 Å². The molecule has 28 heteroatoms. The number of carboxylic acid groups (broad SMARTS) is 1. The van der Waals surface area contributed by atoms with Gasteiger partial charge in [-0.2, -0.15) is 26.4 Å². The predicted molar refractivity (Wildman–Crippen MR) is 348 cm³/mol. The summed E-state index contributed by atoms with van der Waals surface area (Å²) in [4.78, 5) is 55.5. The molecule has 0 saturated carbocycles. The SMILES string of the molecule is Cc1ccc2c(c1)C(C)(C)/C(=C\C=C1/CCCC(/C=C/C3=[N+](CCCCS(=O)(=O)[O-])c4ccc(CS(=O)(=O)O)cc4C3(C)C)=C1O/[13CH]=[13CH]/[13CH]=[13C](\[13CH]=[13CH2])[13CH2][13C@H](NC(=O)c1ccc(NCc3cnc4nc(N)[nH]c(=O)c4n3)cc1)[13C](=O)O)N2CCCCS(=O)(=O)O.[HH].[HH].[HH].[HH].[W].[Y]. The molecule has 8 N–H and O–H groups in total. The van der Waals surface area contributed by atoms with Gasteiger partial charge in [-0.05, 0) is 142 Å². The van der Waals surface area contributed by atoms with E-state index in [0.717, 1.165) is 50.6 Å². The van der Waals surface area contributed by atoms with E-state index in [1.54, 1.807) is 42.5 Å². The van der Waals surface area contributed by atoms with Crippen LogP contribution in [0.5, 0.6) is 0 Å². The monoisotopic (exact) mass is 1570 g/mol. The number of H-pyrrole nitrogens is 1. The number of anilines is 3. The van der Waals surface area contributed by atoms with Gasteiger partial charge in [0.25, 0.3) is 31.7 Å². The van der Waals surface area contributed by atoms with Crippen LogP contribution in [0.1, 0.15) is 123 Å². The smallest absolute Gasteiger partial charge is 0.326 e. The minimum atomic E-state index is -4.47. The molecule has 3 aromatic carbocycles. The predicted octanol–water partition coefficient (Wildman–Crippen LogP) is 9.47. The third-order valence-electron chi connectivity index (χ3n) is 15.8. The zero-order valence-electron chi connectivity index (χ0n) is 51.0. The largest absolute Gasteiger partial charge is 0.748 e. The van der Waals surface area contributed by atoms with E-state index in [2.05, 4.69) is 74.1 Å². The van der Waals surface area contributed by atoms with Crippen LogP contribution in [0.4, 0.5) is 23.0 Å². The van der Waals surface area contributed by atoms with Gasteiger partial charge in [0.1, 0.15) is 24.1 Å². The molecular formula is C63H81N9O14S3WY. The summed E-state index contributed by atoms with van der Waals surface area (Å²) in [6, 6.07) is 16.3. The number of fused-ring (bicyclic) bond motifs is 3. The number of carboxylic acids is 1. The second-order valence-electron chi connectivity index (χ2n) is 23.2. The van der Waals surface area contributed by atoms with Gasteiger partial charge in [0.05, 0.1) is 46.0 Å². The zero-order valence-corrected chi connectivity index (χ0v) is 59.2. The number of aryl methyl sites for hydroxylation is 1. The number of rotatable bonds is 27. The molecule has 0 fully saturated rings. The van der Waals surface area contributed by atoms with E-state index in [1.165, 1.54) is 30.7 Å². The number of hydrogen-bond acceptors (Lipinski definition) is 17. The van der Waals surface area contributed by atoms with Gasteiger partial charge in [0, 0.05) is 130 Å². The summed E-state index contributed by atoms with van der Waals surface area (Å²) in [5.41, 5.74) is 14.0. The van der Waals surface area contributed by atoms with Crippen LogP contribution < -0.4 is 26.8 Å². The summed E-state index contributed by atoms with van der Waals surface area (Å²) in [7, 11) is -13.0. The third kappa shape index (κ3) is 19.3. The molecule has 1 amide bonds. The maximum Gasteiger partial charge on any atom is 0.326 e. The molecule has 3 aliphatic rings. The Bertz CT molecular complexity index is 4280. The molecule has 5 aromatic rings. The standard InChI is InChI=1S/C63H73N9O14S3.W.Y.4H2/c1-7-41(36-50(60(75)76)68-58(73)45-19-23-46(24-20-45)65-37-47-38-66-57-55(67-47)59(74)70-61(64)69-57)14-13-31-86-56-43(21-27-53-62(3,4)48-34-40(2)17-25-51(48)71(53)29-8-10-32-87(77,78)79)15-12-16-44(56)22-28-54-63(5,6)49-35-42(39-89(83,84)85)18-26-52(49)72(54)30-9-11-33-88(80,81)82;;;;;;/h7,13-14,17-28,31,34-35,38,50H,1,8-12,15-16,29-30,32-33,36-37,39H2,2-6H3,(H8-,64,65,66,68,69,70,73,74,75,76,77,78,79,80,81,82,83,84,85);;;4*1H/b31-13+,41-14+;;;;;;/t50-;;;;;;/m0....../s1/i1+1,7+1,13+1,14+1,31+1,36+1,41+1,50+1,60+1;;;;;;. The summed E-state index contributed by atoms with van der Waals surface area (Å²) >= 11 is 0. The first-order valence-corrected chi connectivity index (χ1v) is 33.6. The topological polar surface area (TPSA) is 357 Å². The normalized spacial score (nSPS) is 16.9. The van der Waals surface area contributed by atoms with Crippen LogP contribution >= 0.6 is 0 Å². The van der Waals surface area contributed by atoms with Crippen LogP contribution in [0.3, 0.4) is 0 Å². The van der Waals surface area contributed by atoms with Crippen molar-refractivity contribution in [1.29, 1.82) is 0 Å². The van der Waals surface area contributed by atoms with E-state index in [-0.39, 0.29) is 114 Å². The minimum Gasteiger partial charge on any atom is -0.748 e. The van der Waals surface area contributed by atoms with Gasteiger partial charge in [-0.25, -0.2) is 23.2 Å². The molecule has 2 aromatic heterocycles. The number of aromatic amines is 1. The van der Waals surface area contributed by atoms with Crippen LogP contribution in [0, 0.1) is 6.92 Å². The average Bonchev–Trinajstić information content (AvgIpc) is 1.60. The van der Waals surface area contributed by atoms with Gasteiger partial charge in [0.2, 0.25) is 11.6 Å². The molecule has 23 nitrogen and oxygen atoms in total.